The third-order valence-corrected chi connectivity index (χ3v) is 5.03. The first-order chi connectivity index (χ1) is 9.56. The van der Waals surface area contributed by atoms with Crippen molar-refractivity contribution in [1.82, 2.24) is 10.2 Å². The minimum atomic E-state index is -0.957. The largest absolute Gasteiger partial charge is 0.480 e. The molecule has 20 heavy (non-hydrogen) atoms. The normalized spacial score (nSPS) is 23.4. The van der Waals surface area contributed by atoms with Crippen molar-refractivity contribution in [2.24, 2.45) is 5.41 Å². The minimum Gasteiger partial charge on any atom is -0.480 e. The van der Waals surface area contributed by atoms with Crippen LogP contribution in [0.3, 0.4) is 0 Å². The van der Waals surface area contributed by atoms with Crippen LogP contribution in [0.25, 0.3) is 0 Å². The standard InChI is InChI=1S/C15H26N2O3/c1-2-12(13(18)19)16-14(20)17-10-8-15(9-11-17)6-4-3-5-7-15/h12H,2-11H2,1H3,(H,16,20)(H,18,19)/t12-/m1/s1. The Morgan fingerprint density at radius 3 is 2.25 bits per heavy atom. The summed E-state index contributed by atoms with van der Waals surface area (Å²) in [5, 5.41) is 11.6. The Kier molecular flexibility index (Phi) is 4.89. The molecular formula is C15H26N2O3. The van der Waals surface area contributed by atoms with Crippen molar-refractivity contribution < 1.29 is 14.7 Å². The highest BCUT2D eigenvalue weighted by Gasteiger charge is 2.37. The van der Waals surface area contributed by atoms with E-state index in [-0.39, 0.29) is 6.03 Å². The molecule has 0 aromatic carbocycles. The van der Waals surface area contributed by atoms with Gasteiger partial charge in [-0.3, -0.25) is 0 Å². The Morgan fingerprint density at radius 2 is 1.75 bits per heavy atom. The summed E-state index contributed by atoms with van der Waals surface area (Å²) in [6, 6.07) is -0.988. The number of hydrogen-bond donors (Lipinski definition) is 2. The predicted molar refractivity (Wildman–Crippen MR) is 76.6 cm³/mol. The fourth-order valence-corrected chi connectivity index (χ4v) is 3.56. The van der Waals surface area contributed by atoms with Gasteiger partial charge in [-0.05, 0) is 37.5 Å². The lowest BCUT2D eigenvalue weighted by Gasteiger charge is -2.44. The predicted octanol–water partition coefficient (Wildman–Crippen LogP) is 2.61. The highest BCUT2D eigenvalue weighted by molar-refractivity contribution is 5.82. The van der Waals surface area contributed by atoms with Crippen LogP contribution in [0.5, 0.6) is 0 Å². The average Bonchev–Trinajstić information content (AvgIpc) is 2.46. The molecule has 2 aliphatic rings. The molecular weight excluding hydrogens is 256 g/mol. The summed E-state index contributed by atoms with van der Waals surface area (Å²) in [7, 11) is 0. The van der Waals surface area contributed by atoms with Crippen LogP contribution in [-0.2, 0) is 4.79 Å². The second-order valence-corrected chi connectivity index (χ2v) is 6.30. The maximum absolute atomic E-state index is 12.1. The lowest BCUT2D eigenvalue weighted by Crippen LogP contribution is -2.51. The van der Waals surface area contributed by atoms with Gasteiger partial charge in [-0.1, -0.05) is 26.2 Å². The zero-order valence-electron chi connectivity index (χ0n) is 12.4. The molecule has 2 N–H and O–H groups in total. The maximum Gasteiger partial charge on any atom is 0.326 e. The summed E-state index contributed by atoms with van der Waals surface area (Å²) in [6.45, 7) is 3.30. The molecule has 1 saturated carbocycles. The van der Waals surface area contributed by atoms with Crippen LogP contribution in [0.2, 0.25) is 0 Å². The van der Waals surface area contributed by atoms with Crippen molar-refractivity contribution in [3.63, 3.8) is 0 Å². The molecule has 1 spiro atoms. The first kappa shape index (κ1) is 15.1. The van der Waals surface area contributed by atoms with Crippen molar-refractivity contribution >= 4 is 12.0 Å². The van der Waals surface area contributed by atoms with Gasteiger partial charge in [0.05, 0.1) is 0 Å². The molecule has 0 aromatic heterocycles. The van der Waals surface area contributed by atoms with Gasteiger partial charge in [-0.15, -0.1) is 0 Å². The monoisotopic (exact) mass is 282 g/mol. The van der Waals surface area contributed by atoms with Gasteiger partial charge in [0.1, 0.15) is 6.04 Å². The summed E-state index contributed by atoms with van der Waals surface area (Å²) < 4.78 is 0. The summed E-state index contributed by atoms with van der Waals surface area (Å²) in [4.78, 5) is 24.8. The Morgan fingerprint density at radius 1 is 1.15 bits per heavy atom. The van der Waals surface area contributed by atoms with E-state index in [4.69, 9.17) is 5.11 Å². The van der Waals surface area contributed by atoms with Crippen LogP contribution >= 0.6 is 0 Å². The summed E-state index contributed by atoms with van der Waals surface area (Å²) >= 11 is 0. The molecule has 5 heteroatoms. The number of hydrogen-bond acceptors (Lipinski definition) is 2. The molecule has 114 valence electrons. The number of piperidine rings is 1. The number of likely N-dealkylation sites (tertiary alicyclic amines) is 1. The Labute approximate surface area is 120 Å². The van der Waals surface area contributed by atoms with Crippen molar-refractivity contribution in [2.75, 3.05) is 13.1 Å². The van der Waals surface area contributed by atoms with E-state index in [1.165, 1.54) is 32.1 Å². The van der Waals surface area contributed by atoms with Crippen LogP contribution in [0.15, 0.2) is 0 Å². The van der Waals surface area contributed by atoms with E-state index in [0.29, 0.717) is 11.8 Å². The lowest BCUT2D eigenvalue weighted by atomic mass is 9.68. The molecule has 2 rings (SSSR count). The second kappa shape index (κ2) is 6.46. The van der Waals surface area contributed by atoms with E-state index in [9.17, 15) is 9.59 Å². The molecule has 2 amide bonds. The minimum absolute atomic E-state index is 0.218. The number of amides is 2. The van der Waals surface area contributed by atoms with E-state index in [0.717, 1.165) is 25.9 Å². The molecule has 0 aromatic rings. The van der Waals surface area contributed by atoms with Crippen LogP contribution in [-0.4, -0.2) is 41.1 Å². The summed E-state index contributed by atoms with van der Waals surface area (Å²) in [5.74, 6) is -0.957. The summed E-state index contributed by atoms with van der Waals surface area (Å²) in [5.41, 5.74) is 0.464. The third kappa shape index (κ3) is 3.44. The van der Waals surface area contributed by atoms with Crippen molar-refractivity contribution in [1.29, 1.82) is 0 Å². The molecule has 1 heterocycles. The van der Waals surface area contributed by atoms with E-state index < -0.39 is 12.0 Å². The number of nitrogens with zero attached hydrogens (tertiary/aromatic N) is 1. The van der Waals surface area contributed by atoms with Gasteiger partial charge in [-0.2, -0.15) is 0 Å². The summed E-state index contributed by atoms with van der Waals surface area (Å²) in [6.07, 6.45) is 9.16. The molecule has 5 nitrogen and oxygen atoms in total. The average molecular weight is 282 g/mol. The van der Waals surface area contributed by atoms with Gasteiger partial charge < -0.3 is 15.3 Å². The van der Waals surface area contributed by atoms with Crippen molar-refractivity contribution in [3.05, 3.63) is 0 Å². The number of carbonyl (C=O) groups is 2. The fourth-order valence-electron chi connectivity index (χ4n) is 3.56. The highest BCUT2D eigenvalue weighted by atomic mass is 16.4. The Bertz CT molecular complexity index is 354. The molecule has 0 bridgehead atoms. The van der Waals surface area contributed by atoms with Crippen molar-refractivity contribution in [2.45, 2.75) is 64.3 Å². The molecule has 1 aliphatic carbocycles. The first-order valence-corrected chi connectivity index (χ1v) is 7.84. The zero-order valence-corrected chi connectivity index (χ0v) is 12.4. The third-order valence-electron chi connectivity index (χ3n) is 5.03. The van der Waals surface area contributed by atoms with Gasteiger partial charge in [0.15, 0.2) is 0 Å². The second-order valence-electron chi connectivity index (χ2n) is 6.30. The van der Waals surface area contributed by atoms with E-state index in [1.807, 2.05) is 0 Å². The number of nitrogens with one attached hydrogen (secondary N) is 1. The molecule has 1 atom stereocenters. The van der Waals surface area contributed by atoms with Gasteiger partial charge >= 0.3 is 12.0 Å². The molecule has 0 radical (unpaired) electrons. The van der Waals surface area contributed by atoms with E-state index >= 15 is 0 Å². The van der Waals surface area contributed by atoms with Gasteiger partial charge in [0, 0.05) is 13.1 Å². The molecule has 2 fully saturated rings. The molecule has 1 saturated heterocycles. The van der Waals surface area contributed by atoms with Crippen LogP contribution in [0.1, 0.15) is 58.3 Å². The fraction of sp³-hybridized carbons (Fsp3) is 0.867. The quantitative estimate of drug-likeness (QED) is 0.836. The first-order valence-electron chi connectivity index (χ1n) is 7.84. The highest BCUT2D eigenvalue weighted by Crippen LogP contribution is 2.44. The van der Waals surface area contributed by atoms with Crippen LogP contribution in [0.4, 0.5) is 4.79 Å². The number of carboxylic acids is 1. The van der Waals surface area contributed by atoms with Gasteiger partial charge in [-0.25, -0.2) is 9.59 Å². The molecule has 1 aliphatic heterocycles. The number of carbonyl (C=O) groups excluding carboxylic acids is 1. The number of carboxylic acid groups (broad SMARTS) is 1. The van der Waals surface area contributed by atoms with E-state index in [1.54, 1.807) is 11.8 Å². The smallest absolute Gasteiger partial charge is 0.326 e. The zero-order chi connectivity index (χ0) is 14.6. The van der Waals surface area contributed by atoms with Gasteiger partial charge in [0.25, 0.3) is 0 Å². The Balaban J connectivity index is 1.83. The lowest BCUT2D eigenvalue weighted by molar-refractivity contribution is -0.139. The number of aliphatic carboxylic acids is 1. The van der Waals surface area contributed by atoms with Crippen molar-refractivity contribution in [3.8, 4) is 0 Å². The number of rotatable bonds is 3. The topological polar surface area (TPSA) is 69.6 Å². The Hall–Kier alpha value is -1.26. The van der Waals surface area contributed by atoms with Crippen LogP contribution < -0.4 is 5.32 Å². The van der Waals surface area contributed by atoms with Gasteiger partial charge in [0.2, 0.25) is 0 Å². The maximum atomic E-state index is 12.1. The molecule has 0 unspecified atom stereocenters. The SMILES string of the molecule is CC[C@@H](NC(=O)N1CCC2(CCCCC2)CC1)C(=O)O. The van der Waals surface area contributed by atoms with Crippen LogP contribution in [0, 0.1) is 5.41 Å². The van der Waals surface area contributed by atoms with E-state index in [2.05, 4.69) is 5.32 Å². The number of urea groups is 1.